The first-order valence-corrected chi connectivity index (χ1v) is 7.96. The highest BCUT2D eigenvalue weighted by molar-refractivity contribution is 5.95. The monoisotopic (exact) mass is 316 g/mol. The van der Waals surface area contributed by atoms with Gasteiger partial charge in [0.05, 0.1) is 11.8 Å². The Labute approximate surface area is 134 Å². The van der Waals surface area contributed by atoms with Crippen molar-refractivity contribution in [3.8, 4) is 0 Å². The van der Waals surface area contributed by atoms with Crippen molar-refractivity contribution in [2.24, 2.45) is 11.8 Å². The quantitative estimate of drug-likeness (QED) is 0.862. The van der Waals surface area contributed by atoms with Gasteiger partial charge in [0, 0.05) is 25.2 Å². The highest BCUT2D eigenvalue weighted by Crippen LogP contribution is 2.34. The van der Waals surface area contributed by atoms with Crippen LogP contribution in [0.4, 0.5) is 5.69 Å². The van der Waals surface area contributed by atoms with Gasteiger partial charge in [-0.1, -0.05) is 12.1 Å². The number of nitrogens with one attached hydrogen (secondary N) is 1. The van der Waals surface area contributed by atoms with Crippen LogP contribution >= 0.6 is 0 Å². The second-order valence-electron chi connectivity index (χ2n) is 6.16. The van der Waals surface area contributed by atoms with E-state index in [0.717, 1.165) is 24.2 Å². The Hall–Kier alpha value is -2.37. The molecule has 6 nitrogen and oxygen atoms in total. The van der Waals surface area contributed by atoms with E-state index in [4.69, 9.17) is 5.11 Å². The van der Waals surface area contributed by atoms with Crippen molar-refractivity contribution in [1.29, 1.82) is 0 Å². The number of hydrogen-bond donors (Lipinski definition) is 2. The first-order valence-electron chi connectivity index (χ1n) is 7.96. The van der Waals surface area contributed by atoms with Crippen LogP contribution in [-0.4, -0.2) is 29.4 Å². The maximum atomic E-state index is 12.0. The van der Waals surface area contributed by atoms with Gasteiger partial charge in [-0.05, 0) is 37.0 Å². The van der Waals surface area contributed by atoms with Crippen LogP contribution in [0.1, 0.15) is 31.2 Å². The van der Waals surface area contributed by atoms with Crippen molar-refractivity contribution in [3.05, 3.63) is 29.8 Å². The lowest BCUT2D eigenvalue weighted by molar-refractivity contribution is -0.152. The SMILES string of the molecule is O=C(O)C1CCC1C(=O)NCc1ccc(N2CCCC2=O)cc1. The molecule has 1 saturated heterocycles. The summed E-state index contributed by atoms with van der Waals surface area (Å²) >= 11 is 0. The van der Waals surface area contributed by atoms with Gasteiger partial charge in [-0.3, -0.25) is 14.4 Å². The molecule has 1 heterocycles. The number of carboxylic acid groups (broad SMARTS) is 1. The third kappa shape index (κ3) is 3.21. The van der Waals surface area contributed by atoms with Gasteiger partial charge in [0.2, 0.25) is 11.8 Å². The Kier molecular flexibility index (Phi) is 4.32. The number of carboxylic acids is 1. The smallest absolute Gasteiger partial charge is 0.307 e. The minimum Gasteiger partial charge on any atom is -0.481 e. The molecule has 3 rings (SSSR count). The van der Waals surface area contributed by atoms with E-state index in [1.807, 2.05) is 24.3 Å². The molecule has 122 valence electrons. The number of nitrogens with zero attached hydrogens (tertiary/aromatic N) is 1. The molecule has 0 radical (unpaired) electrons. The minimum atomic E-state index is -0.893. The third-order valence-electron chi connectivity index (χ3n) is 4.72. The van der Waals surface area contributed by atoms with Gasteiger partial charge in [-0.25, -0.2) is 0 Å². The molecule has 2 amide bonds. The molecule has 2 N–H and O–H groups in total. The average Bonchev–Trinajstić information content (AvgIpc) is 2.90. The predicted molar refractivity (Wildman–Crippen MR) is 83.7 cm³/mol. The van der Waals surface area contributed by atoms with Crippen molar-refractivity contribution in [2.75, 3.05) is 11.4 Å². The number of rotatable bonds is 5. The summed E-state index contributed by atoms with van der Waals surface area (Å²) in [7, 11) is 0. The maximum Gasteiger partial charge on any atom is 0.307 e. The van der Waals surface area contributed by atoms with Crippen LogP contribution in [0.5, 0.6) is 0 Å². The zero-order valence-electron chi connectivity index (χ0n) is 12.8. The summed E-state index contributed by atoms with van der Waals surface area (Å²) in [5.41, 5.74) is 1.81. The summed E-state index contributed by atoms with van der Waals surface area (Å²) in [6, 6.07) is 7.54. The van der Waals surface area contributed by atoms with E-state index >= 15 is 0 Å². The molecule has 1 saturated carbocycles. The molecule has 2 aliphatic rings. The Bertz CT molecular complexity index is 626. The molecule has 2 atom stereocenters. The van der Waals surface area contributed by atoms with Crippen molar-refractivity contribution < 1.29 is 19.5 Å². The van der Waals surface area contributed by atoms with Crippen LogP contribution in [-0.2, 0) is 20.9 Å². The zero-order valence-corrected chi connectivity index (χ0v) is 12.8. The lowest BCUT2D eigenvalue weighted by Gasteiger charge is -2.31. The standard InChI is InChI=1S/C17H20N2O4/c20-15-2-1-9-19(15)12-5-3-11(4-6-12)10-18-16(21)13-7-8-14(13)17(22)23/h3-6,13-14H,1-2,7-10H2,(H,18,21)(H,22,23). The summed E-state index contributed by atoms with van der Waals surface area (Å²) in [5.74, 6) is -1.89. The summed E-state index contributed by atoms with van der Waals surface area (Å²) in [5, 5.41) is 11.8. The molecule has 0 bridgehead atoms. The summed E-state index contributed by atoms with van der Waals surface area (Å²) in [6.45, 7) is 1.13. The molecule has 23 heavy (non-hydrogen) atoms. The van der Waals surface area contributed by atoms with Crippen molar-refractivity contribution in [2.45, 2.75) is 32.2 Å². The second-order valence-corrected chi connectivity index (χ2v) is 6.16. The van der Waals surface area contributed by atoms with E-state index in [1.54, 1.807) is 4.90 Å². The molecule has 2 fully saturated rings. The number of aliphatic carboxylic acids is 1. The van der Waals surface area contributed by atoms with Crippen LogP contribution in [0.25, 0.3) is 0 Å². The van der Waals surface area contributed by atoms with Crippen molar-refractivity contribution in [3.63, 3.8) is 0 Å². The van der Waals surface area contributed by atoms with E-state index in [0.29, 0.717) is 25.8 Å². The van der Waals surface area contributed by atoms with Gasteiger partial charge in [0.1, 0.15) is 0 Å². The minimum absolute atomic E-state index is 0.149. The van der Waals surface area contributed by atoms with Gasteiger partial charge in [-0.2, -0.15) is 0 Å². The van der Waals surface area contributed by atoms with Gasteiger partial charge in [-0.15, -0.1) is 0 Å². The number of amides is 2. The van der Waals surface area contributed by atoms with E-state index < -0.39 is 17.8 Å². The van der Waals surface area contributed by atoms with Gasteiger partial charge < -0.3 is 15.3 Å². The fraction of sp³-hybridized carbons (Fsp3) is 0.471. The molecule has 1 aromatic carbocycles. The zero-order chi connectivity index (χ0) is 16.4. The molecule has 1 aromatic rings. The molecule has 0 aromatic heterocycles. The van der Waals surface area contributed by atoms with Gasteiger partial charge >= 0.3 is 5.97 Å². The number of carbonyl (C=O) groups excluding carboxylic acids is 2. The summed E-state index contributed by atoms with van der Waals surface area (Å²) in [4.78, 5) is 36.4. The number of anilines is 1. The van der Waals surface area contributed by atoms with Crippen molar-refractivity contribution >= 4 is 23.5 Å². The third-order valence-corrected chi connectivity index (χ3v) is 4.72. The van der Waals surface area contributed by atoms with Crippen molar-refractivity contribution in [1.82, 2.24) is 5.32 Å². The highest BCUT2D eigenvalue weighted by atomic mass is 16.4. The molecular formula is C17H20N2O4. The molecule has 0 spiro atoms. The van der Waals surface area contributed by atoms with Crippen LogP contribution in [0.2, 0.25) is 0 Å². The Morgan fingerprint density at radius 1 is 1.17 bits per heavy atom. The van der Waals surface area contributed by atoms with Crippen LogP contribution in [0.3, 0.4) is 0 Å². The van der Waals surface area contributed by atoms with Crippen LogP contribution in [0, 0.1) is 11.8 Å². The Balaban J connectivity index is 1.53. The number of benzene rings is 1. The molecule has 1 aliphatic carbocycles. The second kappa shape index (κ2) is 6.40. The average molecular weight is 316 g/mol. The highest BCUT2D eigenvalue weighted by Gasteiger charge is 2.41. The first kappa shape index (κ1) is 15.5. The lowest BCUT2D eigenvalue weighted by Crippen LogP contribution is -2.43. The van der Waals surface area contributed by atoms with Crippen LogP contribution in [0.15, 0.2) is 24.3 Å². The number of carbonyl (C=O) groups is 3. The molecule has 2 unspecified atom stereocenters. The summed E-state index contributed by atoms with van der Waals surface area (Å²) in [6.07, 6.45) is 2.71. The summed E-state index contributed by atoms with van der Waals surface area (Å²) < 4.78 is 0. The molecule has 6 heteroatoms. The molecule has 1 aliphatic heterocycles. The Morgan fingerprint density at radius 2 is 1.87 bits per heavy atom. The lowest BCUT2D eigenvalue weighted by atomic mass is 9.73. The fourth-order valence-electron chi connectivity index (χ4n) is 3.14. The fourth-order valence-corrected chi connectivity index (χ4v) is 3.14. The van der Waals surface area contributed by atoms with Gasteiger partial charge in [0.15, 0.2) is 0 Å². The molecular weight excluding hydrogens is 296 g/mol. The van der Waals surface area contributed by atoms with E-state index in [1.165, 1.54) is 0 Å². The first-order chi connectivity index (χ1) is 11.1. The maximum absolute atomic E-state index is 12.0. The van der Waals surface area contributed by atoms with Crippen LogP contribution < -0.4 is 10.2 Å². The topological polar surface area (TPSA) is 86.7 Å². The largest absolute Gasteiger partial charge is 0.481 e. The normalized spacial score (nSPS) is 23.5. The van der Waals surface area contributed by atoms with E-state index in [9.17, 15) is 14.4 Å². The number of hydrogen-bond acceptors (Lipinski definition) is 3. The Morgan fingerprint density at radius 3 is 2.39 bits per heavy atom. The van der Waals surface area contributed by atoms with E-state index in [-0.39, 0.29) is 11.8 Å². The predicted octanol–water partition coefficient (Wildman–Crippen LogP) is 1.54. The van der Waals surface area contributed by atoms with E-state index in [2.05, 4.69) is 5.32 Å². The van der Waals surface area contributed by atoms with Gasteiger partial charge in [0.25, 0.3) is 0 Å².